The van der Waals surface area contributed by atoms with Gasteiger partial charge in [-0.2, -0.15) is 5.10 Å². The Morgan fingerprint density at radius 1 is 1.53 bits per heavy atom. The third-order valence-corrected chi connectivity index (χ3v) is 2.84. The van der Waals surface area contributed by atoms with Crippen molar-refractivity contribution < 1.29 is 4.79 Å². The average molecular weight is 280 g/mol. The van der Waals surface area contributed by atoms with Gasteiger partial charge in [0, 0.05) is 18.3 Å². The zero-order valence-electron chi connectivity index (χ0n) is 10.6. The summed E-state index contributed by atoms with van der Waals surface area (Å²) in [6.45, 7) is 3.89. The van der Waals surface area contributed by atoms with Crippen molar-refractivity contribution in [2.45, 2.75) is 19.9 Å². The number of nitrogen functional groups attached to an aromatic ring is 1. The van der Waals surface area contributed by atoms with Crippen LogP contribution in [0.2, 0.25) is 5.02 Å². The van der Waals surface area contributed by atoms with Crippen molar-refractivity contribution in [2.75, 3.05) is 11.1 Å². The van der Waals surface area contributed by atoms with E-state index in [1.54, 1.807) is 16.9 Å². The van der Waals surface area contributed by atoms with Gasteiger partial charge >= 0.3 is 0 Å². The van der Waals surface area contributed by atoms with Crippen LogP contribution < -0.4 is 11.1 Å². The second kappa shape index (κ2) is 5.27. The van der Waals surface area contributed by atoms with Crippen molar-refractivity contribution >= 4 is 29.0 Å². The van der Waals surface area contributed by atoms with E-state index in [1.165, 1.54) is 12.3 Å². The lowest BCUT2D eigenvalue weighted by Crippen LogP contribution is -2.19. The van der Waals surface area contributed by atoms with E-state index in [9.17, 15) is 4.79 Å². The number of hydrogen-bond donors (Lipinski definition) is 2. The summed E-state index contributed by atoms with van der Waals surface area (Å²) in [4.78, 5) is 16.1. The van der Waals surface area contributed by atoms with Crippen molar-refractivity contribution in [3.63, 3.8) is 0 Å². The molecule has 19 heavy (non-hydrogen) atoms. The van der Waals surface area contributed by atoms with Crippen molar-refractivity contribution in [1.29, 1.82) is 0 Å². The molecule has 2 aromatic rings. The van der Waals surface area contributed by atoms with Crippen LogP contribution in [-0.4, -0.2) is 20.7 Å². The number of nitrogens with two attached hydrogens (primary N) is 1. The standard InChI is InChI=1S/C12H14ClN5O/c1-7(2)18-10(3-4-16-18)12(19)17-11-5-8(13)9(14)6-15-11/h3-7H,14H2,1-2H3,(H,15,17,19). The number of nitrogens with zero attached hydrogens (tertiary/aromatic N) is 3. The molecule has 0 atom stereocenters. The summed E-state index contributed by atoms with van der Waals surface area (Å²) in [5.41, 5.74) is 6.39. The Labute approximate surface area is 115 Å². The highest BCUT2D eigenvalue weighted by molar-refractivity contribution is 6.33. The molecule has 0 radical (unpaired) electrons. The summed E-state index contributed by atoms with van der Waals surface area (Å²) >= 11 is 5.87. The maximum absolute atomic E-state index is 12.1. The molecule has 7 heteroatoms. The van der Waals surface area contributed by atoms with E-state index in [0.29, 0.717) is 22.2 Å². The fourth-order valence-corrected chi connectivity index (χ4v) is 1.75. The van der Waals surface area contributed by atoms with E-state index in [1.807, 2.05) is 13.8 Å². The molecule has 0 fully saturated rings. The molecule has 0 saturated heterocycles. The second-order valence-electron chi connectivity index (χ2n) is 4.30. The van der Waals surface area contributed by atoms with Crippen molar-refractivity contribution in [3.05, 3.63) is 35.2 Å². The van der Waals surface area contributed by atoms with E-state index in [-0.39, 0.29) is 11.9 Å². The van der Waals surface area contributed by atoms with Crippen LogP contribution in [0.5, 0.6) is 0 Å². The molecule has 6 nitrogen and oxygen atoms in total. The number of aromatic nitrogens is 3. The Kier molecular flexibility index (Phi) is 3.71. The predicted octanol–water partition coefficient (Wildman–Crippen LogP) is 2.35. The number of pyridine rings is 1. The highest BCUT2D eigenvalue weighted by Crippen LogP contribution is 2.20. The summed E-state index contributed by atoms with van der Waals surface area (Å²) in [5, 5.41) is 7.11. The predicted molar refractivity (Wildman–Crippen MR) is 74.2 cm³/mol. The first-order valence-corrected chi connectivity index (χ1v) is 6.12. The van der Waals surface area contributed by atoms with Crippen LogP contribution in [0, 0.1) is 0 Å². The first-order chi connectivity index (χ1) is 8.99. The van der Waals surface area contributed by atoms with Gasteiger partial charge in [-0.15, -0.1) is 0 Å². The number of carbonyl (C=O) groups excluding carboxylic acids is 1. The molecule has 0 aliphatic rings. The van der Waals surface area contributed by atoms with E-state index in [0.717, 1.165) is 0 Å². The van der Waals surface area contributed by atoms with Gasteiger partial charge in [-0.05, 0) is 19.9 Å². The van der Waals surface area contributed by atoms with Crippen molar-refractivity contribution in [1.82, 2.24) is 14.8 Å². The molecule has 3 N–H and O–H groups in total. The first kappa shape index (κ1) is 13.4. The number of anilines is 2. The summed E-state index contributed by atoms with van der Waals surface area (Å²) in [7, 11) is 0. The van der Waals surface area contributed by atoms with E-state index < -0.39 is 0 Å². The molecule has 0 spiro atoms. The molecule has 0 unspecified atom stereocenters. The van der Waals surface area contributed by atoms with Gasteiger partial charge in [0.2, 0.25) is 0 Å². The number of amides is 1. The highest BCUT2D eigenvalue weighted by atomic mass is 35.5. The van der Waals surface area contributed by atoms with Crippen LogP contribution >= 0.6 is 11.6 Å². The SMILES string of the molecule is CC(C)n1nccc1C(=O)Nc1cc(Cl)c(N)cn1. The smallest absolute Gasteiger partial charge is 0.275 e. The topological polar surface area (TPSA) is 85.8 Å². The third kappa shape index (κ3) is 2.85. The molecule has 0 aliphatic carbocycles. The molecule has 100 valence electrons. The Morgan fingerprint density at radius 2 is 2.26 bits per heavy atom. The summed E-state index contributed by atoms with van der Waals surface area (Å²) in [5.74, 6) is 0.0558. The number of halogens is 1. The van der Waals surface area contributed by atoms with Gasteiger partial charge in [-0.25, -0.2) is 4.98 Å². The Morgan fingerprint density at radius 3 is 2.89 bits per heavy atom. The van der Waals surface area contributed by atoms with Crippen LogP contribution in [0.25, 0.3) is 0 Å². The Hall–Kier alpha value is -2.08. The molecule has 0 saturated carbocycles. The Bertz CT molecular complexity index is 608. The molecule has 0 bridgehead atoms. The third-order valence-electron chi connectivity index (χ3n) is 2.52. The minimum Gasteiger partial charge on any atom is -0.396 e. The van der Waals surface area contributed by atoms with E-state index >= 15 is 0 Å². The van der Waals surface area contributed by atoms with Crippen LogP contribution in [0.15, 0.2) is 24.5 Å². The van der Waals surface area contributed by atoms with E-state index in [2.05, 4.69) is 15.4 Å². The van der Waals surface area contributed by atoms with Crippen molar-refractivity contribution in [2.24, 2.45) is 0 Å². The van der Waals surface area contributed by atoms with Gasteiger partial charge in [0.15, 0.2) is 0 Å². The number of rotatable bonds is 3. The fourth-order valence-electron chi connectivity index (χ4n) is 1.60. The largest absolute Gasteiger partial charge is 0.396 e. The quantitative estimate of drug-likeness (QED) is 0.903. The van der Waals surface area contributed by atoms with Crippen LogP contribution in [0.4, 0.5) is 11.5 Å². The fraction of sp³-hybridized carbons (Fsp3) is 0.250. The summed E-state index contributed by atoms with van der Waals surface area (Å²) in [6, 6.07) is 3.25. The van der Waals surface area contributed by atoms with Crippen LogP contribution in [0.1, 0.15) is 30.4 Å². The number of carbonyl (C=O) groups is 1. The zero-order chi connectivity index (χ0) is 14.0. The number of hydrogen-bond acceptors (Lipinski definition) is 4. The Balaban J connectivity index is 2.21. The molecular weight excluding hydrogens is 266 g/mol. The molecule has 1 amide bonds. The maximum atomic E-state index is 12.1. The molecule has 0 aromatic carbocycles. The maximum Gasteiger partial charge on any atom is 0.275 e. The normalized spacial score (nSPS) is 10.7. The second-order valence-corrected chi connectivity index (χ2v) is 4.71. The minimum atomic E-state index is -0.292. The molecular formula is C12H14ClN5O. The average Bonchev–Trinajstić information content (AvgIpc) is 2.83. The molecule has 2 heterocycles. The summed E-state index contributed by atoms with van der Waals surface area (Å²) < 4.78 is 1.63. The minimum absolute atomic E-state index is 0.0960. The van der Waals surface area contributed by atoms with Gasteiger partial charge in [-0.3, -0.25) is 9.48 Å². The highest BCUT2D eigenvalue weighted by Gasteiger charge is 2.14. The first-order valence-electron chi connectivity index (χ1n) is 5.75. The van der Waals surface area contributed by atoms with Gasteiger partial charge in [-0.1, -0.05) is 11.6 Å². The lowest BCUT2D eigenvalue weighted by atomic mass is 10.3. The lowest BCUT2D eigenvalue weighted by molar-refractivity contribution is 0.101. The monoisotopic (exact) mass is 279 g/mol. The molecule has 2 aromatic heterocycles. The van der Waals surface area contributed by atoms with Gasteiger partial charge in [0.1, 0.15) is 11.5 Å². The lowest BCUT2D eigenvalue weighted by Gasteiger charge is -2.11. The van der Waals surface area contributed by atoms with Crippen LogP contribution in [0.3, 0.4) is 0 Å². The van der Waals surface area contributed by atoms with Gasteiger partial charge < -0.3 is 11.1 Å². The van der Waals surface area contributed by atoms with Gasteiger partial charge in [0.05, 0.1) is 16.9 Å². The number of nitrogens with one attached hydrogen (secondary N) is 1. The van der Waals surface area contributed by atoms with Crippen molar-refractivity contribution in [3.8, 4) is 0 Å². The summed E-state index contributed by atoms with van der Waals surface area (Å²) in [6.07, 6.45) is 2.98. The molecule has 0 aliphatic heterocycles. The zero-order valence-corrected chi connectivity index (χ0v) is 11.3. The molecule has 2 rings (SSSR count). The van der Waals surface area contributed by atoms with Crippen LogP contribution in [-0.2, 0) is 0 Å². The van der Waals surface area contributed by atoms with Gasteiger partial charge in [0.25, 0.3) is 5.91 Å². The van der Waals surface area contributed by atoms with E-state index in [4.69, 9.17) is 17.3 Å².